The molecule has 3 unspecified atom stereocenters. The predicted octanol–water partition coefficient (Wildman–Crippen LogP) is 4.48. The van der Waals surface area contributed by atoms with Crippen LogP contribution in [0.4, 0.5) is 0 Å². The molecule has 0 aromatic carbocycles. The van der Waals surface area contributed by atoms with E-state index in [1.807, 2.05) is 0 Å². The molecule has 0 heterocycles. The SMILES string of the molecule is C[C@H](CCC(=O)O)[C@H]1CC[C@H]2C3C(O)C[C@H]4C[C@H](O)CCC4(C)[C@H]3CC[C@]12C. The zero-order valence-corrected chi connectivity index (χ0v) is 17.9. The Balaban J connectivity index is 1.55. The second-order valence-electron chi connectivity index (χ2n) is 11.4. The van der Waals surface area contributed by atoms with Crippen LogP contribution in [-0.2, 0) is 4.79 Å². The van der Waals surface area contributed by atoms with Crippen molar-refractivity contribution < 1.29 is 20.1 Å². The highest BCUT2D eigenvalue weighted by Crippen LogP contribution is 2.68. The number of hydrogen-bond acceptors (Lipinski definition) is 3. The number of carbonyl (C=O) groups is 1. The monoisotopic (exact) mass is 392 g/mol. The highest BCUT2D eigenvalue weighted by Gasteiger charge is 2.62. The molecule has 4 heteroatoms. The van der Waals surface area contributed by atoms with Gasteiger partial charge in [0, 0.05) is 6.42 Å². The fourth-order valence-corrected chi connectivity index (χ4v) is 8.73. The van der Waals surface area contributed by atoms with Crippen LogP contribution in [0.25, 0.3) is 0 Å². The molecule has 4 aliphatic rings. The predicted molar refractivity (Wildman–Crippen MR) is 109 cm³/mol. The molecule has 0 bridgehead atoms. The summed E-state index contributed by atoms with van der Waals surface area (Å²) in [7, 11) is 0. The fourth-order valence-electron chi connectivity index (χ4n) is 8.73. The molecule has 0 spiro atoms. The van der Waals surface area contributed by atoms with Crippen LogP contribution in [0.5, 0.6) is 0 Å². The van der Waals surface area contributed by atoms with Crippen LogP contribution in [0.1, 0.15) is 85.0 Å². The summed E-state index contributed by atoms with van der Waals surface area (Å²) in [4.78, 5) is 11.1. The summed E-state index contributed by atoms with van der Waals surface area (Å²) in [6, 6.07) is 0. The average molecular weight is 393 g/mol. The third kappa shape index (κ3) is 3.14. The molecule has 0 aliphatic heterocycles. The highest BCUT2D eigenvalue weighted by molar-refractivity contribution is 5.66. The zero-order valence-electron chi connectivity index (χ0n) is 17.9. The van der Waals surface area contributed by atoms with E-state index in [-0.39, 0.29) is 29.5 Å². The van der Waals surface area contributed by atoms with Crippen LogP contribution < -0.4 is 0 Å². The largest absolute Gasteiger partial charge is 0.481 e. The smallest absolute Gasteiger partial charge is 0.303 e. The Morgan fingerprint density at radius 1 is 1.00 bits per heavy atom. The maximum Gasteiger partial charge on any atom is 0.303 e. The minimum absolute atomic E-state index is 0.179. The van der Waals surface area contributed by atoms with E-state index >= 15 is 0 Å². The number of carboxylic acids is 1. The van der Waals surface area contributed by atoms with Crippen molar-refractivity contribution in [3.8, 4) is 0 Å². The molecule has 4 aliphatic carbocycles. The van der Waals surface area contributed by atoms with Crippen molar-refractivity contribution >= 4 is 5.97 Å². The Bertz CT molecular complexity index is 605. The molecule has 3 N–H and O–H groups in total. The second-order valence-corrected chi connectivity index (χ2v) is 11.4. The highest BCUT2D eigenvalue weighted by atomic mass is 16.4. The van der Waals surface area contributed by atoms with Gasteiger partial charge in [0.2, 0.25) is 0 Å². The Morgan fingerprint density at radius 2 is 1.68 bits per heavy atom. The van der Waals surface area contributed by atoms with Crippen LogP contribution in [0.15, 0.2) is 0 Å². The Kier molecular flexibility index (Phi) is 5.36. The van der Waals surface area contributed by atoms with Gasteiger partial charge >= 0.3 is 5.97 Å². The number of aliphatic hydroxyl groups excluding tert-OH is 2. The van der Waals surface area contributed by atoms with Crippen molar-refractivity contribution in [2.24, 2.45) is 46.3 Å². The molecule has 4 rings (SSSR count). The number of hydrogen-bond donors (Lipinski definition) is 3. The Morgan fingerprint density at radius 3 is 2.39 bits per heavy atom. The summed E-state index contributed by atoms with van der Waals surface area (Å²) < 4.78 is 0. The van der Waals surface area contributed by atoms with Crippen molar-refractivity contribution in [3.05, 3.63) is 0 Å². The molecule has 4 fully saturated rings. The molecule has 10 atom stereocenters. The first-order valence-corrected chi connectivity index (χ1v) is 11.7. The van der Waals surface area contributed by atoms with Gasteiger partial charge in [-0.3, -0.25) is 4.79 Å². The van der Waals surface area contributed by atoms with E-state index in [4.69, 9.17) is 5.11 Å². The quantitative estimate of drug-likeness (QED) is 0.659. The molecule has 0 radical (unpaired) electrons. The van der Waals surface area contributed by atoms with Crippen LogP contribution >= 0.6 is 0 Å². The van der Waals surface area contributed by atoms with Crippen LogP contribution in [0, 0.1) is 46.3 Å². The average Bonchev–Trinajstić information content (AvgIpc) is 2.98. The first kappa shape index (κ1) is 20.7. The van der Waals surface area contributed by atoms with E-state index in [9.17, 15) is 15.0 Å². The van der Waals surface area contributed by atoms with Gasteiger partial charge in [0.1, 0.15) is 0 Å². The minimum Gasteiger partial charge on any atom is -0.481 e. The maximum atomic E-state index is 11.2. The Hall–Kier alpha value is -0.610. The zero-order chi connectivity index (χ0) is 20.3. The van der Waals surface area contributed by atoms with Crippen LogP contribution in [0.3, 0.4) is 0 Å². The van der Waals surface area contributed by atoms with E-state index in [2.05, 4.69) is 20.8 Å². The number of aliphatic hydroxyl groups is 2. The van der Waals surface area contributed by atoms with Crippen molar-refractivity contribution in [2.45, 2.75) is 97.2 Å². The van der Waals surface area contributed by atoms with Gasteiger partial charge in [-0.25, -0.2) is 0 Å². The standard InChI is InChI=1S/C24H40O4/c1-14(4-7-21(27)28)17-5-6-18-22-19(9-11-24(17,18)3)23(2)10-8-16(25)12-15(23)13-20(22)26/h14-20,22,25-26H,4-13H2,1-3H3,(H,27,28)/t14-,15-,16-,17-,18+,19+,20?,22?,23?,24-/m1/s1. The molecule has 4 nitrogen and oxygen atoms in total. The summed E-state index contributed by atoms with van der Waals surface area (Å²) in [5.41, 5.74) is 0.523. The summed E-state index contributed by atoms with van der Waals surface area (Å²) in [5.74, 6) is 2.36. The van der Waals surface area contributed by atoms with Gasteiger partial charge in [0.25, 0.3) is 0 Å². The molecule has 28 heavy (non-hydrogen) atoms. The molecular weight excluding hydrogens is 352 g/mol. The van der Waals surface area contributed by atoms with Crippen LogP contribution in [-0.4, -0.2) is 33.5 Å². The second kappa shape index (κ2) is 7.27. The number of aliphatic carboxylic acids is 1. The topological polar surface area (TPSA) is 77.8 Å². The van der Waals surface area contributed by atoms with Crippen molar-refractivity contribution in [3.63, 3.8) is 0 Å². The Labute approximate surface area is 170 Å². The molecule has 0 aromatic heterocycles. The first-order valence-electron chi connectivity index (χ1n) is 11.7. The third-order valence-corrected chi connectivity index (χ3v) is 10.2. The molecule has 4 saturated carbocycles. The lowest BCUT2D eigenvalue weighted by molar-refractivity contribution is -0.174. The lowest BCUT2D eigenvalue weighted by Crippen LogP contribution is -2.58. The van der Waals surface area contributed by atoms with Crippen LogP contribution in [0.2, 0.25) is 0 Å². The van der Waals surface area contributed by atoms with Gasteiger partial charge in [0.15, 0.2) is 0 Å². The third-order valence-electron chi connectivity index (χ3n) is 10.2. The number of carboxylic acid groups (broad SMARTS) is 1. The summed E-state index contributed by atoms with van der Waals surface area (Å²) in [6.45, 7) is 7.16. The molecule has 0 aromatic rings. The normalized spacial score (nSPS) is 51.7. The lowest BCUT2D eigenvalue weighted by atomic mass is 9.43. The molecular formula is C24H40O4. The lowest BCUT2D eigenvalue weighted by Gasteiger charge is -2.62. The van der Waals surface area contributed by atoms with Gasteiger partial charge in [0.05, 0.1) is 12.2 Å². The van der Waals surface area contributed by atoms with Gasteiger partial charge in [-0.2, -0.15) is 0 Å². The molecule has 0 amide bonds. The van der Waals surface area contributed by atoms with Gasteiger partial charge in [-0.15, -0.1) is 0 Å². The first-order chi connectivity index (χ1) is 13.2. The number of fused-ring (bicyclic) bond motifs is 5. The summed E-state index contributed by atoms with van der Waals surface area (Å²) in [5, 5.41) is 30.5. The summed E-state index contributed by atoms with van der Waals surface area (Å²) in [6.07, 6.45) is 9.19. The molecule has 0 saturated heterocycles. The van der Waals surface area contributed by atoms with E-state index < -0.39 is 5.97 Å². The number of rotatable bonds is 4. The molecule has 160 valence electrons. The van der Waals surface area contributed by atoms with Gasteiger partial charge in [-0.1, -0.05) is 20.8 Å². The van der Waals surface area contributed by atoms with E-state index in [0.717, 1.165) is 32.1 Å². The maximum absolute atomic E-state index is 11.2. The van der Waals surface area contributed by atoms with Crippen molar-refractivity contribution in [1.29, 1.82) is 0 Å². The van der Waals surface area contributed by atoms with E-state index in [1.165, 1.54) is 25.7 Å². The van der Waals surface area contributed by atoms with Gasteiger partial charge in [-0.05, 0) is 104 Å². The fraction of sp³-hybridized carbons (Fsp3) is 0.958. The van der Waals surface area contributed by atoms with Gasteiger partial charge < -0.3 is 15.3 Å². The van der Waals surface area contributed by atoms with E-state index in [0.29, 0.717) is 35.5 Å². The van der Waals surface area contributed by atoms with Crippen molar-refractivity contribution in [1.82, 2.24) is 0 Å². The van der Waals surface area contributed by atoms with Crippen molar-refractivity contribution in [2.75, 3.05) is 0 Å². The summed E-state index contributed by atoms with van der Waals surface area (Å²) >= 11 is 0. The minimum atomic E-state index is -0.684. The van der Waals surface area contributed by atoms with E-state index in [1.54, 1.807) is 0 Å².